The Kier molecular flexibility index (Phi) is 6.31. The Balaban J connectivity index is 1.42. The summed E-state index contributed by atoms with van der Waals surface area (Å²) in [6, 6.07) is 45.3. The Labute approximate surface area is 233 Å². The third kappa shape index (κ3) is 4.29. The fraction of sp³-hybridized carbons (Fsp3) is 0.111. The number of methoxy groups -OCH3 is 1. The van der Waals surface area contributed by atoms with Crippen molar-refractivity contribution in [1.82, 2.24) is 0 Å². The summed E-state index contributed by atoms with van der Waals surface area (Å²) in [5, 5.41) is 9.93. The lowest BCUT2D eigenvalue weighted by molar-refractivity contribution is 0.415. The molecule has 1 nitrogen and oxygen atoms in total. The monoisotopic (exact) mass is 537 g/mol. The van der Waals surface area contributed by atoms with Crippen LogP contribution in [0.15, 0.2) is 121 Å². The standard InChI is InChI=1S/C36H30OPSi/c1-37-29-19-21-30(22-20-29)39(2)34-14-8-7-13-33(34)38-23-27-17-15-25-9-3-5-11-31(25)35(27)36-28(24-38)18-16-26-10-4-6-12-32(26)36/h3-22H,23-24H2,1-2H3. The molecule has 0 spiro atoms. The van der Waals surface area contributed by atoms with E-state index in [2.05, 4.69) is 128 Å². The Morgan fingerprint density at radius 2 is 1.13 bits per heavy atom. The summed E-state index contributed by atoms with van der Waals surface area (Å²) in [5.41, 5.74) is 5.86. The molecule has 6 aromatic carbocycles. The second-order valence-electron chi connectivity index (χ2n) is 10.4. The maximum absolute atomic E-state index is 5.43. The van der Waals surface area contributed by atoms with Gasteiger partial charge in [-0.2, -0.15) is 0 Å². The van der Waals surface area contributed by atoms with E-state index in [4.69, 9.17) is 4.74 Å². The fourth-order valence-electron chi connectivity index (χ4n) is 6.19. The molecule has 0 saturated heterocycles. The minimum Gasteiger partial charge on any atom is -0.497 e. The first-order chi connectivity index (χ1) is 19.2. The van der Waals surface area contributed by atoms with Crippen molar-refractivity contribution in [1.29, 1.82) is 0 Å². The lowest BCUT2D eigenvalue weighted by Crippen LogP contribution is -2.46. The number of benzene rings is 6. The highest BCUT2D eigenvalue weighted by molar-refractivity contribution is 7.64. The minimum atomic E-state index is -0.920. The van der Waals surface area contributed by atoms with Crippen molar-refractivity contribution in [3.63, 3.8) is 0 Å². The highest BCUT2D eigenvalue weighted by Crippen LogP contribution is 2.52. The number of ether oxygens (including phenoxy) is 1. The lowest BCUT2D eigenvalue weighted by atomic mass is 9.88. The van der Waals surface area contributed by atoms with Crippen LogP contribution in [0.3, 0.4) is 0 Å². The predicted molar refractivity (Wildman–Crippen MR) is 171 cm³/mol. The van der Waals surface area contributed by atoms with E-state index < -0.39 is 16.7 Å². The highest BCUT2D eigenvalue weighted by Gasteiger charge is 2.27. The predicted octanol–water partition coefficient (Wildman–Crippen LogP) is 7.73. The molecule has 0 atom stereocenters. The quantitative estimate of drug-likeness (QED) is 0.165. The van der Waals surface area contributed by atoms with Crippen molar-refractivity contribution in [2.75, 3.05) is 7.11 Å². The van der Waals surface area contributed by atoms with Gasteiger partial charge in [0.15, 0.2) is 0 Å². The van der Waals surface area contributed by atoms with Crippen LogP contribution in [-0.4, -0.2) is 15.9 Å². The molecule has 0 amide bonds. The van der Waals surface area contributed by atoms with Gasteiger partial charge in [0.05, 0.1) is 7.11 Å². The third-order valence-corrected chi connectivity index (χ3v) is 13.3. The molecule has 3 heteroatoms. The zero-order valence-electron chi connectivity index (χ0n) is 22.3. The van der Waals surface area contributed by atoms with Crippen LogP contribution in [-0.2, 0) is 12.3 Å². The molecule has 0 saturated carbocycles. The Morgan fingerprint density at radius 3 is 1.72 bits per heavy atom. The van der Waals surface area contributed by atoms with Crippen molar-refractivity contribution in [3.8, 4) is 16.9 Å². The van der Waals surface area contributed by atoms with Gasteiger partial charge in [-0.05, 0) is 78.7 Å². The number of hydrogen-bond acceptors (Lipinski definition) is 1. The average Bonchev–Trinajstić information content (AvgIpc) is 3.18. The zero-order valence-corrected chi connectivity index (χ0v) is 24.2. The second-order valence-corrected chi connectivity index (χ2v) is 14.9. The summed E-state index contributed by atoms with van der Waals surface area (Å²) < 4.78 is 5.43. The van der Waals surface area contributed by atoms with Crippen molar-refractivity contribution < 1.29 is 4.74 Å². The van der Waals surface area contributed by atoms with Gasteiger partial charge in [-0.15, -0.1) is 0 Å². The molecular weight excluding hydrogens is 507 g/mol. The van der Waals surface area contributed by atoms with Gasteiger partial charge in [0.25, 0.3) is 0 Å². The molecule has 1 heterocycles. The molecule has 1 aliphatic rings. The normalized spacial score (nSPS) is 13.3. The van der Waals surface area contributed by atoms with Crippen molar-refractivity contribution in [2.24, 2.45) is 0 Å². The van der Waals surface area contributed by atoms with Crippen LogP contribution >= 0.6 is 7.92 Å². The van der Waals surface area contributed by atoms with Gasteiger partial charge in [0.1, 0.15) is 14.5 Å². The molecule has 7 rings (SSSR count). The van der Waals surface area contributed by atoms with Gasteiger partial charge in [0.2, 0.25) is 0 Å². The van der Waals surface area contributed by atoms with Gasteiger partial charge >= 0.3 is 0 Å². The van der Waals surface area contributed by atoms with E-state index in [0.717, 1.165) is 18.1 Å². The Bertz CT molecular complexity index is 1740. The lowest BCUT2D eigenvalue weighted by Gasteiger charge is -2.23. The molecule has 6 aromatic rings. The first-order valence-electron chi connectivity index (χ1n) is 13.6. The zero-order chi connectivity index (χ0) is 26.3. The maximum atomic E-state index is 5.43. The van der Waals surface area contributed by atoms with Crippen molar-refractivity contribution in [2.45, 2.75) is 18.9 Å². The topological polar surface area (TPSA) is 9.23 Å². The van der Waals surface area contributed by atoms with E-state index in [1.54, 1.807) is 17.6 Å². The van der Waals surface area contributed by atoms with Crippen LogP contribution in [0.2, 0.25) is 6.55 Å². The van der Waals surface area contributed by atoms with E-state index in [9.17, 15) is 0 Å². The molecule has 0 aliphatic carbocycles. The van der Waals surface area contributed by atoms with E-state index >= 15 is 0 Å². The van der Waals surface area contributed by atoms with Crippen molar-refractivity contribution in [3.05, 3.63) is 132 Å². The van der Waals surface area contributed by atoms with Crippen molar-refractivity contribution >= 4 is 53.9 Å². The second kappa shape index (κ2) is 10.1. The van der Waals surface area contributed by atoms with Crippen LogP contribution in [0.1, 0.15) is 11.1 Å². The van der Waals surface area contributed by atoms with Gasteiger partial charge in [-0.25, -0.2) is 0 Å². The van der Waals surface area contributed by atoms with Gasteiger partial charge < -0.3 is 4.74 Å². The molecular formula is C36H30OPSi. The Hall–Kier alpha value is -3.71. The fourth-order valence-corrected chi connectivity index (χ4v) is 11.5. The SMILES string of the molecule is COc1ccc([Si](C)c2ccccc2P2Cc3ccc4ccccc4c3-c3c(ccc4ccccc34)C2)cc1. The summed E-state index contributed by atoms with van der Waals surface area (Å²) in [4.78, 5) is 0. The summed E-state index contributed by atoms with van der Waals surface area (Å²) in [6.07, 6.45) is 2.21. The van der Waals surface area contributed by atoms with Crippen LogP contribution in [0, 0.1) is 0 Å². The van der Waals surface area contributed by atoms with E-state index in [1.807, 2.05) is 0 Å². The van der Waals surface area contributed by atoms with Crippen LogP contribution in [0.25, 0.3) is 32.7 Å². The largest absolute Gasteiger partial charge is 0.497 e. The summed E-state index contributed by atoms with van der Waals surface area (Å²) >= 11 is 0. The number of hydrogen-bond donors (Lipinski definition) is 0. The van der Waals surface area contributed by atoms with Gasteiger partial charge in [-0.3, -0.25) is 0 Å². The van der Waals surface area contributed by atoms with Crippen LogP contribution < -0.4 is 20.4 Å². The summed E-state index contributed by atoms with van der Waals surface area (Å²) in [5.74, 6) is 0.919. The van der Waals surface area contributed by atoms with Crippen LogP contribution in [0.5, 0.6) is 5.75 Å². The summed E-state index contributed by atoms with van der Waals surface area (Å²) in [6.45, 7) is 2.45. The summed E-state index contributed by atoms with van der Waals surface area (Å²) in [7, 11) is 0.385. The molecule has 1 radical (unpaired) electrons. The smallest absolute Gasteiger partial charge is 0.119 e. The molecule has 0 fully saturated rings. The highest BCUT2D eigenvalue weighted by atomic mass is 31.1. The minimum absolute atomic E-state index is 0.430. The molecule has 1 aliphatic heterocycles. The van der Waals surface area contributed by atoms with Crippen LogP contribution in [0.4, 0.5) is 0 Å². The third-order valence-electron chi connectivity index (χ3n) is 8.17. The molecule has 0 aromatic heterocycles. The molecule has 39 heavy (non-hydrogen) atoms. The first-order valence-corrected chi connectivity index (χ1v) is 17.3. The molecule has 0 unspecified atom stereocenters. The maximum Gasteiger partial charge on any atom is 0.119 e. The number of fused-ring (bicyclic) bond motifs is 7. The van der Waals surface area contributed by atoms with E-state index in [-0.39, 0.29) is 0 Å². The molecule has 189 valence electrons. The first kappa shape index (κ1) is 24.3. The average molecular weight is 538 g/mol. The van der Waals surface area contributed by atoms with Gasteiger partial charge in [-0.1, -0.05) is 129 Å². The Morgan fingerprint density at radius 1 is 0.590 bits per heavy atom. The molecule has 0 bridgehead atoms. The number of rotatable bonds is 4. The molecule has 0 N–H and O–H groups in total. The van der Waals surface area contributed by atoms with E-state index in [0.29, 0.717) is 0 Å². The van der Waals surface area contributed by atoms with E-state index in [1.165, 1.54) is 49.0 Å². The van der Waals surface area contributed by atoms with Gasteiger partial charge in [0, 0.05) is 0 Å².